The first-order valence-corrected chi connectivity index (χ1v) is 7.29. The van der Waals surface area contributed by atoms with E-state index < -0.39 is 15.6 Å². The van der Waals surface area contributed by atoms with E-state index in [2.05, 4.69) is 15.9 Å². The van der Waals surface area contributed by atoms with Gasteiger partial charge in [0.05, 0.1) is 0 Å². The van der Waals surface area contributed by atoms with Crippen molar-refractivity contribution in [2.45, 2.75) is 19.4 Å². The van der Waals surface area contributed by atoms with Crippen LogP contribution in [0.1, 0.15) is 13.8 Å². The maximum atomic E-state index is 11.5. The molecular weight excluding hydrogens is 270 g/mol. The maximum absolute atomic E-state index is 11.5. The van der Waals surface area contributed by atoms with Gasteiger partial charge in [-0.1, -0.05) is 15.9 Å². The zero-order valence-electron chi connectivity index (χ0n) is 8.87. The molecule has 0 aromatic rings. The van der Waals surface area contributed by atoms with Crippen LogP contribution in [-0.2, 0) is 14.6 Å². The number of hydrogen-bond acceptors (Lipinski definition) is 3. The molecule has 6 heteroatoms. The SMILES string of the molecule is CN(C(=O)CS(C)(=O)=O)C(C)(C)CBr. The second kappa shape index (κ2) is 4.61. The molecule has 0 saturated heterocycles. The van der Waals surface area contributed by atoms with Crippen molar-refractivity contribution in [1.82, 2.24) is 4.90 Å². The Hall–Kier alpha value is -0.100. The Balaban J connectivity index is 4.57. The standard InChI is InChI=1S/C8H16BrNO3S/c1-8(2,6-9)10(3)7(11)5-14(4,12)13/h5-6H2,1-4H3. The summed E-state index contributed by atoms with van der Waals surface area (Å²) < 4.78 is 21.8. The highest BCUT2D eigenvalue weighted by Gasteiger charge is 2.27. The van der Waals surface area contributed by atoms with E-state index in [9.17, 15) is 13.2 Å². The van der Waals surface area contributed by atoms with Crippen molar-refractivity contribution in [2.75, 3.05) is 24.4 Å². The zero-order chi connectivity index (χ0) is 11.6. The van der Waals surface area contributed by atoms with E-state index in [1.54, 1.807) is 7.05 Å². The van der Waals surface area contributed by atoms with Crippen molar-refractivity contribution in [3.63, 3.8) is 0 Å². The highest BCUT2D eigenvalue weighted by Crippen LogP contribution is 2.15. The van der Waals surface area contributed by atoms with Crippen LogP contribution in [0.2, 0.25) is 0 Å². The smallest absolute Gasteiger partial charge is 0.237 e. The second-order valence-electron chi connectivity index (χ2n) is 3.97. The van der Waals surface area contributed by atoms with Gasteiger partial charge in [-0.2, -0.15) is 0 Å². The number of alkyl halides is 1. The summed E-state index contributed by atoms with van der Waals surface area (Å²) in [5, 5.41) is 0.603. The van der Waals surface area contributed by atoms with Gasteiger partial charge >= 0.3 is 0 Å². The minimum atomic E-state index is -3.24. The maximum Gasteiger partial charge on any atom is 0.237 e. The number of hydrogen-bond donors (Lipinski definition) is 0. The molecule has 14 heavy (non-hydrogen) atoms. The molecule has 0 aliphatic heterocycles. The quantitative estimate of drug-likeness (QED) is 0.714. The molecule has 0 atom stereocenters. The number of amides is 1. The Labute approximate surface area is 93.7 Å². The van der Waals surface area contributed by atoms with Crippen molar-refractivity contribution in [2.24, 2.45) is 0 Å². The lowest BCUT2D eigenvalue weighted by Crippen LogP contribution is -2.48. The van der Waals surface area contributed by atoms with Gasteiger partial charge in [-0.05, 0) is 13.8 Å². The monoisotopic (exact) mass is 285 g/mol. The van der Waals surface area contributed by atoms with Crippen molar-refractivity contribution in [3.8, 4) is 0 Å². The summed E-state index contributed by atoms with van der Waals surface area (Å²) in [5.41, 5.74) is -0.373. The van der Waals surface area contributed by atoms with Crippen LogP contribution in [0, 0.1) is 0 Å². The van der Waals surface area contributed by atoms with E-state index >= 15 is 0 Å². The fraction of sp³-hybridized carbons (Fsp3) is 0.875. The average molecular weight is 286 g/mol. The van der Waals surface area contributed by atoms with Crippen molar-refractivity contribution in [3.05, 3.63) is 0 Å². The largest absolute Gasteiger partial charge is 0.339 e. The molecule has 0 aliphatic rings. The Bertz CT molecular complexity index is 311. The minimum Gasteiger partial charge on any atom is -0.339 e. The molecule has 4 nitrogen and oxygen atoms in total. The number of rotatable bonds is 4. The molecule has 0 bridgehead atoms. The van der Waals surface area contributed by atoms with Gasteiger partial charge in [-0.3, -0.25) is 4.79 Å². The molecule has 0 aromatic carbocycles. The Kier molecular flexibility index (Phi) is 4.58. The fourth-order valence-corrected chi connectivity index (χ4v) is 1.77. The van der Waals surface area contributed by atoms with E-state index in [1.165, 1.54) is 4.90 Å². The molecule has 0 rings (SSSR count). The van der Waals surface area contributed by atoms with E-state index in [4.69, 9.17) is 0 Å². The third kappa shape index (κ3) is 4.41. The molecule has 0 unspecified atom stereocenters. The van der Waals surface area contributed by atoms with E-state index in [0.29, 0.717) is 5.33 Å². The summed E-state index contributed by atoms with van der Waals surface area (Å²) in [6.45, 7) is 3.73. The van der Waals surface area contributed by atoms with Crippen LogP contribution >= 0.6 is 15.9 Å². The minimum absolute atomic E-state index is 0.373. The molecule has 1 amide bonds. The lowest BCUT2D eigenvalue weighted by molar-refractivity contribution is -0.131. The van der Waals surface area contributed by atoms with Gasteiger partial charge in [0.1, 0.15) is 5.75 Å². The Morgan fingerprint density at radius 1 is 1.43 bits per heavy atom. The van der Waals surface area contributed by atoms with Crippen LogP contribution in [0.5, 0.6) is 0 Å². The third-order valence-corrected chi connectivity index (χ3v) is 4.14. The predicted molar refractivity (Wildman–Crippen MR) is 60.4 cm³/mol. The molecular formula is C8H16BrNO3S. The van der Waals surface area contributed by atoms with Crippen molar-refractivity contribution in [1.29, 1.82) is 0 Å². The Morgan fingerprint density at radius 2 is 1.86 bits per heavy atom. The van der Waals surface area contributed by atoms with Gasteiger partial charge in [0, 0.05) is 24.2 Å². The summed E-state index contributed by atoms with van der Waals surface area (Å²) in [6.07, 6.45) is 1.06. The Morgan fingerprint density at radius 3 is 2.14 bits per heavy atom. The van der Waals surface area contributed by atoms with Crippen LogP contribution in [0.25, 0.3) is 0 Å². The lowest BCUT2D eigenvalue weighted by Gasteiger charge is -2.33. The summed E-state index contributed by atoms with van der Waals surface area (Å²) in [4.78, 5) is 12.9. The summed E-state index contributed by atoms with van der Waals surface area (Å²) in [6, 6.07) is 0. The van der Waals surface area contributed by atoms with Gasteiger partial charge < -0.3 is 4.90 Å². The summed E-state index contributed by atoms with van der Waals surface area (Å²) in [5.74, 6) is -0.808. The molecule has 0 N–H and O–H groups in total. The molecule has 0 aromatic heterocycles. The lowest BCUT2D eigenvalue weighted by atomic mass is 10.1. The molecule has 0 saturated carbocycles. The number of carbonyl (C=O) groups is 1. The summed E-state index contributed by atoms with van der Waals surface area (Å²) >= 11 is 3.28. The van der Waals surface area contributed by atoms with Gasteiger partial charge in [0.2, 0.25) is 5.91 Å². The number of sulfone groups is 1. The van der Waals surface area contributed by atoms with Gasteiger partial charge in [-0.15, -0.1) is 0 Å². The van der Waals surface area contributed by atoms with Gasteiger partial charge in [-0.25, -0.2) is 8.42 Å². The topological polar surface area (TPSA) is 54.5 Å². The normalized spacial score (nSPS) is 12.6. The molecule has 0 aliphatic carbocycles. The van der Waals surface area contributed by atoms with Gasteiger partial charge in [0.15, 0.2) is 9.84 Å². The first-order chi connectivity index (χ1) is 6.10. The van der Waals surface area contributed by atoms with Crippen LogP contribution in [0.3, 0.4) is 0 Å². The van der Waals surface area contributed by atoms with E-state index in [-0.39, 0.29) is 11.4 Å². The van der Waals surface area contributed by atoms with Crippen LogP contribution in [0.15, 0.2) is 0 Å². The molecule has 84 valence electrons. The third-order valence-electron chi connectivity index (χ3n) is 1.99. The van der Waals surface area contributed by atoms with E-state index in [1.807, 2.05) is 13.8 Å². The summed E-state index contributed by atoms with van der Waals surface area (Å²) in [7, 11) is -1.64. The highest BCUT2D eigenvalue weighted by atomic mass is 79.9. The highest BCUT2D eigenvalue weighted by molar-refractivity contribution is 9.09. The second-order valence-corrected chi connectivity index (χ2v) is 6.67. The van der Waals surface area contributed by atoms with Crippen molar-refractivity contribution >= 4 is 31.7 Å². The van der Waals surface area contributed by atoms with Gasteiger partial charge in [0.25, 0.3) is 0 Å². The van der Waals surface area contributed by atoms with Crippen LogP contribution < -0.4 is 0 Å². The average Bonchev–Trinajstić information content (AvgIpc) is 2.00. The fourth-order valence-electron chi connectivity index (χ4n) is 0.748. The molecule has 0 spiro atoms. The van der Waals surface area contributed by atoms with Crippen LogP contribution in [-0.4, -0.2) is 49.2 Å². The number of carbonyl (C=O) groups excluding carboxylic acids is 1. The first-order valence-electron chi connectivity index (χ1n) is 4.10. The number of halogens is 1. The number of nitrogens with zero attached hydrogens (tertiary/aromatic N) is 1. The van der Waals surface area contributed by atoms with E-state index in [0.717, 1.165) is 6.26 Å². The predicted octanol–water partition coefficient (Wildman–Crippen LogP) is 0.663. The first kappa shape index (κ1) is 13.9. The van der Waals surface area contributed by atoms with Crippen LogP contribution in [0.4, 0.5) is 0 Å². The molecule has 0 heterocycles. The zero-order valence-corrected chi connectivity index (χ0v) is 11.3. The van der Waals surface area contributed by atoms with Crippen molar-refractivity contribution < 1.29 is 13.2 Å². The molecule has 0 radical (unpaired) electrons. The molecule has 0 fully saturated rings.